The van der Waals surface area contributed by atoms with Crippen molar-refractivity contribution in [3.8, 4) is 11.5 Å². The summed E-state index contributed by atoms with van der Waals surface area (Å²) in [5.74, 6) is 0.0486. The van der Waals surface area contributed by atoms with Crippen LogP contribution in [-0.4, -0.2) is 26.7 Å². The van der Waals surface area contributed by atoms with Crippen molar-refractivity contribution in [2.24, 2.45) is 0 Å². The van der Waals surface area contributed by atoms with Gasteiger partial charge in [0.2, 0.25) is 0 Å². The highest BCUT2D eigenvalue weighted by Gasteiger charge is 2.24. The Morgan fingerprint density at radius 2 is 1.82 bits per heavy atom. The first kappa shape index (κ1) is 32.7. The molecule has 5 N–H and O–H groups in total. The number of nitrogens with one attached hydrogen (secondary N) is 2. The highest BCUT2D eigenvalue weighted by atomic mass is 19.1. The fourth-order valence-electron chi connectivity index (χ4n) is 3.60. The second-order valence-corrected chi connectivity index (χ2v) is 7.68. The van der Waals surface area contributed by atoms with Crippen LogP contribution in [0.3, 0.4) is 0 Å². The summed E-state index contributed by atoms with van der Waals surface area (Å²) in [6, 6.07) is 9.54. The van der Waals surface area contributed by atoms with Gasteiger partial charge in [0.25, 0.3) is 0 Å². The summed E-state index contributed by atoms with van der Waals surface area (Å²) in [6.07, 6.45) is 7.41. The SMILES string of the molecule is C=CC.C=CCc1cnc(C(Nc2ccc3c(N)nccc3c2)c2cc(OCC)cc(O)c2F)[nH]1.CC.CC. The molecule has 2 aromatic heterocycles. The fourth-order valence-corrected chi connectivity index (χ4v) is 3.60. The summed E-state index contributed by atoms with van der Waals surface area (Å²) in [7, 11) is 0. The van der Waals surface area contributed by atoms with Gasteiger partial charge in [-0.2, -0.15) is 0 Å². The number of nitrogen functional groups attached to an aromatic ring is 1. The van der Waals surface area contributed by atoms with Gasteiger partial charge in [-0.3, -0.25) is 0 Å². The number of phenols is 1. The van der Waals surface area contributed by atoms with Crippen LogP contribution in [0.15, 0.2) is 74.1 Å². The van der Waals surface area contributed by atoms with Crippen molar-refractivity contribution in [3.63, 3.8) is 0 Å². The Bertz CT molecular complexity index is 1320. The lowest BCUT2D eigenvalue weighted by Gasteiger charge is -2.21. The fraction of sp³-hybridized carbons (Fsp3) is 0.290. The summed E-state index contributed by atoms with van der Waals surface area (Å²) in [5, 5.41) is 15.2. The normalized spacial score (nSPS) is 10.4. The van der Waals surface area contributed by atoms with E-state index >= 15 is 4.39 Å². The van der Waals surface area contributed by atoms with Crippen LogP contribution in [0.5, 0.6) is 11.5 Å². The number of nitrogens with two attached hydrogens (primary N) is 1. The van der Waals surface area contributed by atoms with E-state index in [1.807, 2.05) is 65.8 Å². The number of hydrogen-bond donors (Lipinski definition) is 4. The number of allylic oxidation sites excluding steroid dienone is 2. The number of pyridine rings is 1. The molecule has 0 bridgehead atoms. The molecule has 0 spiro atoms. The van der Waals surface area contributed by atoms with Crippen molar-refractivity contribution in [2.75, 3.05) is 17.7 Å². The van der Waals surface area contributed by atoms with Gasteiger partial charge in [-0.05, 0) is 49.6 Å². The molecule has 210 valence electrons. The van der Waals surface area contributed by atoms with E-state index in [4.69, 9.17) is 10.5 Å². The third-order valence-electron chi connectivity index (χ3n) is 5.07. The minimum absolute atomic E-state index is 0.197. The van der Waals surface area contributed by atoms with Crippen LogP contribution in [-0.2, 0) is 6.42 Å². The number of aromatic amines is 1. The van der Waals surface area contributed by atoms with Crippen LogP contribution in [0.2, 0.25) is 0 Å². The molecule has 0 saturated heterocycles. The van der Waals surface area contributed by atoms with Gasteiger partial charge in [0.1, 0.15) is 23.4 Å². The number of rotatable bonds is 8. The Kier molecular flexibility index (Phi) is 14.4. The van der Waals surface area contributed by atoms with Gasteiger partial charge >= 0.3 is 0 Å². The maximum Gasteiger partial charge on any atom is 0.170 e. The van der Waals surface area contributed by atoms with Crippen LogP contribution in [0.4, 0.5) is 15.9 Å². The van der Waals surface area contributed by atoms with Crippen LogP contribution in [0, 0.1) is 5.82 Å². The Morgan fingerprint density at radius 3 is 2.46 bits per heavy atom. The number of hydrogen-bond acceptors (Lipinski definition) is 6. The largest absolute Gasteiger partial charge is 0.505 e. The van der Waals surface area contributed by atoms with E-state index in [0.717, 1.165) is 22.2 Å². The molecule has 0 aliphatic rings. The molecule has 4 aromatic rings. The number of fused-ring (bicyclic) bond motifs is 1. The lowest BCUT2D eigenvalue weighted by atomic mass is 10.0. The van der Waals surface area contributed by atoms with E-state index in [1.165, 1.54) is 6.07 Å². The smallest absolute Gasteiger partial charge is 0.170 e. The molecule has 0 saturated carbocycles. The zero-order valence-electron chi connectivity index (χ0n) is 23.9. The Balaban J connectivity index is 0.000000996. The zero-order chi connectivity index (χ0) is 29.4. The van der Waals surface area contributed by atoms with E-state index in [2.05, 4.69) is 33.4 Å². The lowest BCUT2D eigenvalue weighted by molar-refractivity contribution is 0.334. The molecular formula is C31H42FN5O2. The summed E-state index contributed by atoms with van der Waals surface area (Å²) in [4.78, 5) is 11.8. The van der Waals surface area contributed by atoms with Crippen LogP contribution in [0.1, 0.15) is 64.7 Å². The molecule has 39 heavy (non-hydrogen) atoms. The Morgan fingerprint density at radius 1 is 1.13 bits per heavy atom. The predicted octanol–water partition coefficient (Wildman–Crippen LogP) is 7.96. The molecule has 4 rings (SSSR count). The molecule has 1 unspecified atom stereocenters. The molecule has 1 atom stereocenters. The van der Waals surface area contributed by atoms with Gasteiger partial charge < -0.3 is 25.9 Å². The van der Waals surface area contributed by atoms with E-state index < -0.39 is 17.6 Å². The number of aromatic nitrogens is 3. The lowest BCUT2D eigenvalue weighted by Crippen LogP contribution is -2.16. The standard InChI is InChI=1S/C24H24FN5O2.C3H6.2C2H6/c1-3-5-16-13-28-24(30-16)22(19-11-17(32-4-2)12-20(31)21(19)25)29-15-6-7-18-14(10-15)8-9-27-23(18)26;1-3-2;2*1-2/h3,6-13,22,29,31H,1,4-5H2,2H3,(H2,26,27)(H,28,30);3H,1H2,2H3;2*1-2H3. The third-order valence-corrected chi connectivity index (χ3v) is 5.07. The predicted molar refractivity (Wildman–Crippen MR) is 162 cm³/mol. The molecule has 0 aliphatic carbocycles. The highest BCUT2D eigenvalue weighted by Crippen LogP contribution is 2.35. The van der Waals surface area contributed by atoms with Crippen molar-refractivity contribution in [3.05, 3.63) is 97.0 Å². The van der Waals surface area contributed by atoms with Gasteiger partial charge in [-0.25, -0.2) is 14.4 Å². The maximum atomic E-state index is 15.1. The van der Waals surface area contributed by atoms with E-state index in [-0.39, 0.29) is 5.56 Å². The maximum absolute atomic E-state index is 15.1. The number of H-pyrrole nitrogens is 1. The van der Waals surface area contributed by atoms with E-state index in [0.29, 0.717) is 30.4 Å². The van der Waals surface area contributed by atoms with Gasteiger partial charge in [0.15, 0.2) is 11.6 Å². The Labute approximate surface area is 231 Å². The summed E-state index contributed by atoms with van der Waals surface area (Å²) >= 11 is 0. The molecule has 0 amide bonds. The van der Waals surface area contributed by atoms with Gasteiger partial charge in [0.05, 0.1) is 6.61 Å². The topological polar surface area (TPSA) is 109 Å². The molecule has 7 nitrogen and oxygen atoms in total. The summed E-state index contributed by atoms with van der Waals surface area (Å²) < 4.78 is 20.6. The molecular weight excluding hydrogens is 493 g/mol. The highest BCUT2D eigenvalue weighted by molar-refractivity contribution is 5.92. The number of halogens is 1. The first-order valence-corrected chi connectivity index (χ1v) is 13.2. The molecule has 0 radical (unpaired) electrons. The van der Waals surface area contributed by atoms with E-state index in [1.54, 1.807) is 30.6 Å². The van der Waals surface area contributed by atoms with Crippen molar-refractivity contribution >= 4 is 22.3 Å². The first-order valence-electron chi connectivity index (χ1n) is 13.2. The molecule has 8 heteroatoms. The molecule has 0 aliphatic heterocycles. The van der Waals surface area contributed by atoms with Crippen molar-refractivity contribution in [2.45, 2.75) is 54.0 Å². The monoisotopic (exact) mass is 535 g/mol. The van der Waals surface area contributed by atoms with Crippen molar-refractivity contribution < 1.29 is 14.2 Å². The number of ether oxygens (including phenoxy) is 1. The minimum atomic E-state index is -0.748. The summed E-state index contributed by atoms with van der Waals surface area (Å²) in [5.41, 5.74) is 7.71. The quantitative estimate of drug-likeness (QED) is 0.170. The minimum Gasteiger partial charge on any atom is -0.505 e. The second kappa shape index (κ2) is 17.2. The number of anilines is 2. The van der Waals surface area contributed by atoms with E-state index in [9.17, 15) is 5.11 Å². The van der Waals surface area contributed by atoms with Gasteiger partial charge in [-0.15, -0.1) is 13.2 Å². The number of imidazole rings is 1. The Hall–Kier alpha value is -4.33. The average molecular weight is 536 g/mol. The molecule has 0 fully saturated rings. The zero-order valence-corrected chi connectivity index (χ0v) is 23.9. The first-order chi connectivity index (χ1) is 18.9. The average Bonchev–Trinajstić information content (AvgIpc) is 3.41. The van der Waals surface area contributed by atoms with Crippen LogP contribution in [0.25, 0.3) is 10.8 Å². The van der Waals surface area contributed by atoms with Crippen molar-refractivity contribution in [1.29, 1.82) is 0 Å². The van der Waals surface area contributed by atoms with Gasteiger partial charge in [-0.1, -0.05) is 39.8 Å². The van der Waals surface area contributed by atoms with Crippen LogP contribution < -0.4 is 15.8 Å². The second-order valence-electron chi connectivity index (χ2n) is 7.68. The third kappa shape index (κ3) is 8.88. The van der Waals surface area contributed by atoms with Gasteiger partial charge in [0, 0.05) is 47.2 Å². The number of phenolic OH excluding ortho intramolecular Hbond substituents is 1. The number of aromatic hydroxyl groups is 1. The number of nitrogens with zero attached hydrogens (tertiary/aromatic N) is 2. The molecule has 2 aromatic carbocycles. The summed E-state index contributed by atoms with van der Waals surface area (Å²) in [6.45, 7) is 19.2. The van der Waals surface area contributed by atoms with Crippen molar-refractivity contribution in [1.82, 2.24) is 15.0 Å². The number of benzene rings is 2. The van der Waals surface area contributed by atoms with Crippen LogP contribution >= 0.6 is 0 Å². The molecule has 2 heterocycles.